The summed E-state index contributed by atoms with van der Waals surface area (Å²) in [6, 6.07) is 11.3. The summed E-state index contributed by atoms with van der Waals surface area (Å²) in [4.78, 5) is 44.6. The molecular formula is C28H35FN4O3. The predicted molar refractivity (Wildman–Crippen MR) is 139 cm³/mol. The van der Waals surface area contributed by atoms with Crippen molar-refractivity contribution in [2.75, 3.05) is 49.5 Å². The van der Waals surface area contributed by atoms with Crippen LogP contribution in [0.5, 0.6) is 0 Å². The predicted octanol–water partition coefficient (Wildman–Crippen LogP) is 4.40. The normalized spacial score (nSPS) is 16.6. The van der Waals surface area contributed by atoms with E-state index < -0.39 is 5.82 Å². The van der Waals surface area contributed by atoms with Gasteiger partial charge in [0.2, 0.25) is 5.91 Å². The Bertz CT molecular complexity index is 1110. The molecule has 3 amide bonds. The Kier molecular flexibility index (Phi) is 8.23. The van der Waals surface area contributed by atoms with Crippen LogP contribution in [0, 0.1) is 11.7 Å². The highest BCUT2D eigenvalue weighted by molar-refractivity contribution is 6.02. The number of amides is 3. The van der Waals surface area contributed by atoms with Crippen LogP contribution in [0.2, 0.25) is 0 Å². The van der Waals surface area contributed by atoms with Crippen molar-refractivity contribution in [2.45, 2.75) is 39.5 Å². The van der Waals surface area contributed by atoms with Crippen LogP contribution in [0.15, 0.2) is 42.5 Å². The molecule has 1 N–H and O–H groups in total. The molecule has 36 heavy (non-hydrogen) atoms. The average molecular weight is 495 g/mol. The van der Waals surface area contributed by atoms with Gasteiger partial charge in [-0.2, -0.15) is 0 Å². The van der Waals surface area contributed by atoms with Gasteiger partial charge in [0.15, 0.2) is 0 Å². The number of benzene rings is 2. The molecule has 0 saturated carbocycles. The lowest BCUT2D eigenvalue weighted by molar-refractivity contribution is -0.118. The third-order valence-corrected chi connectivity index (χ3v) is 6.86. The standard InChI is InChI=1S/C28H35FN4O3/c1-20(2)26(34)30-23-10-11-25(24(19-23)28(36)32-12-4-3-5-13-32)31-14-7-15-33(17-16-31)27(35)21-8-6-9-22(29)18-21/h6,8-11,18-20H,3-5,7,12-17H2,1-2H3,(H,30,34). The molecule has 2 saturated heterocycles. The van der Waals surface area contributed by atoms with Gasteiger partial charge in [0.05, 0.1) is 5.56 Å². The van der Waals surface area contributed by atoms with Crippen LogP contribution in [-0.4, -0.2) is 66.8 Å². The van der Waals surface area contributed by atoms with Crippen LogP contribution in [-0.2, 0) is 4.79 Å². The van der Waals surface area contributed by atoms with E-state index in [0.29, 0.717) is 43.0 Å². The van der Waals surface area contributed by atoms with Crippen LogP contribution in [0.4, 0.5) is 15.8 Å². The average Bonchev–Trinajstić information content (AvgIpc) is 3.14. The molecular weight excluding hydrogens is 459 g/mol. The second-order valence-corrected chi connectivity index (χ2v) is 9.87. The van der Waals surface area contributed by atoms with Gasteiger partial charge >= 0.3 is 0 Å². The zero-order valence-corrected chi connectivity index (χ0v) is 21.1. The Labute approximate surface area is 212 Å². The molecule has 2 heterocycles. The maximum absolute atomic E-state index is 13.6. The van der Waals surface area contributed by atoms with Crippen LogP contribution in [0.25, 0.3) is 0 Å². The van der Waals surface area contributed by atoms with E-state index in [4.69, 9.17) is 0 Å². The highest BCUT2D eigenvalue weighted by Gasteiger charge is 2.26. The molecule has 2 aromatic rings. The summed E-state index contributed by atoms with van der Waals surface area (Å²) in [5, 5.41) is 2.92. The zero-order valence-electron chi connectivity index (χ0n) is 21.1. The van der Waals surface area contributed by atoms with Crippen molar-refractivity contribution in [3.05, 3.63) is 59.4 Å². The molecule has 0 atom stereocenters. The maximum Gasteiger partial charge on any atom is 0.256 e. The fourth-order valence-electron chi connectivity index (χ4n) is 4.78. The first-order valence-corrected chi connectivity index (χ1v) is 12.9. The second-order valence-electron chi connectivity index (χ2n) is 9.87. The Morgan fingerprint density at radius 1 is 0.806 bits per heavy atom. The number of hydrogen-bond acceptors (Lipinski definition) is 4. The molecule has 7 nitrogen and oxygen atoms in total. The largest absolute Gasteiger partial charge is 0.369 e. The number of rotatable bonds is 5. The van der Waals surface area contributed by atoms with Gasteiger partial charge in [-0.05, 0) is 62.1 Å². The van der Waals surface area contributed by atoms with Crippen molar-refractivity contribution in [3.8, 4) is 0 Å². The van der Waals surface area contributed by atoms with Gasteiger partial charge in [-0.3, -0.25) is 14.4 Å². The number of halogens is 1. The van der Waals surface area contributed by atoms with Crippen molar-refractivity contribution in [1.82, 2.24) is 9.80 Å². The molecule has 2 aromatic carbocycles. The van der Waals surface area contributed by atoms with E-state index in [0.717, 1.165) is 44.5 Å². The van der Waals surface area contributed by atoms with Gasteiger partial charge < -0.3 is 20.0 Å². The smallest absolute Gasteiger partial charge is 0.256 e. The van der Waals surface area contributed by atoms with Crippen LogP contribution >= 0.6 is 0 Å². The molecule has 0 aromatic heterocycles. The first-order valence-electron chi connectivity index (χ1n) is 12.9. The van der Waals surface area contributed by atoms with Gasteiger partial charge in [-0.1, -0.05) is 19.9 Å². The van der Waals surface area contributed by atoms with Gasteiger partial charge in [-0.15, -0.1) is 0 Å². The molecule has 192 valence electrons. The first kappa shape index (κ1) is 25.7. The summed E-state index contributed by atoms with van der Waals surface area (Å²) < 4.78 is 13.6. The summed E-state index contributed by atoms with van der Waals surface area (Å²) in [7, 11) is 0. The molecule has 2 fully saturated rings. The minimum absolute atomic E-state index is 0.0257. The minimum atomic E-state index is -0.428. The zero-order chi connectivity index (χ0) is 25.7. The van der Waals surface area contributed by atoms with Crippen LogP contribution in [0.3, 0.4) is 0 Å². The number of carbonyl (C=O) groups is 3. The third-order valence-electron chi connectivity index (χ3n) is 6.86. The Balaban J connectivity index is 1.56. The topological polar surface area (TPSA) is 73.0 Å². The van der Waals surface area contributed by atoms with E-state index in [2.05, 4.69) is 10.2 Å². The van der Waals surface area contributed by atoms with Crippen molar-refractivity contribution in [1.29, 1.82) is 0 Å². The second kappa shape index (κ2) is 11.5. The Morgan fingerprint density at radius 2 is 1.53 bits per heavy atom. The highest BCUT2D eigenvalue weighted by atomic mass is 19.1. The minimum Gasteiger partial charge on any atom is -0.369 e. The summed E-state index contributed by atoms with van der Waals surface area (Å²) in [6.07, 6.45) is 3.84. The number of hydrogen-bond donors (Lipinski definition) is 1. The lowest BCUT2D eigenvalue weighted by Gasteiger charge is -2.30. The van der Waals surface area contributed by atoms with Gasteiger partial charge in [0.25, 0.3) is 11.8 Å². The summed E-state index contributed by atoms with van der Waals surface area (Å²) in [6.45, 7) is 7.40. The number of anilines is 2. The van der Waals surface area contributed by atoms with Crippen LogP contribution < -0.4 is 10.2 Å². The lowest BCUT2D eigenvalue weighted by atomic mass is 10.1. The molecule has 0 unspecified atom stereocenters. The molecule has 0 aliphatic carbocycles. The van der Waals surface area contributed by atoms with Gasteiger partial charge in [0, 0.05) is 62.1 Å². The molecule has 4 rings (SSSR count). The maximum atomic E-state index is 13.6. The molecule has 8 heteroatoms. The number of carbonyl (C=O) groups excluding carboxylic acids is 3. The fourth-order valence-corrected chi connectivity index (χ4v) is 4.78. The van der Waals surface area contributed by atoms with E-state index in [1.165, 1.54) is 12.1 Å². The molecule has 2 aliphatic heterocycles. The number of nitrogens with zero attached hydrogens (tertiary/aromatic N) is 3. The van der Waals surface area contributed by atoms with Crippen LogP contribution in [0.1, 0.15) is 60.2 Å². The monoisotopic (exact) mass is 494 g/mol. The van der Waals surface area contributed by atoms with Gasteiger partial charge in [0.1, 0.15) is 5.82 Å². The van der Waals surface area contributed by atoms with Crippen molar-refractivity contribution < 1.29 is 18.8 Å². The lowest BCUT2D eigenvalue weighted by Crippen LogP contribution is -2.38. The summed E-state index contributed by atoms with van der Waals surface area (Å²) >= 11 is 0. The van der Waals surface area contributed by atoms with Gasteiger partial charge in [-0.25, -0.2) is 4.39 Å². The van der Waals surface area contributed by atoms with Crippen molar-refractivity contribution in [2.24, 2.45) is 5.92 Å². The Hall–Kier alpha value is -3.42. The molecule has 0 bridgehead atoms. The number of piperidine rings is 1. The van der Waals surface area contributed by atoms with E-state index in [1.54, 1.807) is 23.1 Å². The molecule has 0 spiro atoms. The van der Waals surface area contributed by atoms with E-state index in [-0.39, 0.29) is 23.6 Å². The van der Waals surface area contributed by atoms with E-state index in [9.17, 15) is 18.8 Å². The first-order chi connectivity index (χ1) is 17.3. The highest BCUT2D eigenvalue weighted by Crippen LogP contribution is 2.28. The summed E-state index contributed by atoms with van der Waals surface area (Å²) in [5.41, 5.74) is 2.33. The number of likely N-dealkylation sites (tertiary alicyclic amines) is 1. The van der Waals surface area contributed by atoms with Crippen molar-refractivity contribution >= 4 is 29.1 Å². The number of nitrogens with one attached hydrogen (secondary N) is 1. The fraction of sp³-hybridized carbons (Fsp3) is 0.464. The molecule has 2 aliphatic rings. The van der Waals surface area contributed by atoms with Crippen molar-refractivity contribution in [3.63, 3.8) is 0 Å². The summed E-state index contributed by atoms with van der Waals surface area (Å²) in [5.74, 6) is -0.906. The Morgan fingerprint density at radius 3 is 2.25 bits per heavy atom. The SMILES string of the molecule is CC(C)C(=O)Nc1ccc(N2CCCN(C(=O)c3cccc(F)c3)CC2)c(C(=O)N2CCCCC2)c1. The third kappa shape index (κ3) is 6.04. The van der Waals surface area contributed by atoms with E-state index in [1.807, 2.05) is 30.9 Å². The quantitative estimate of drug-likeness (QED) is 0.669. The molecule has 0 radical (unpaired) electrons. The van der Waals surface area contributed by atoms with E-state index >= 15 is 0 Å².